The quantitative estimate of drug-likeness (QED) is 0.717. The van der Waals surface area contributed by atoms with Gasteiger partial charge in [-0.1, -0.05) is 30.4 Å². The van der Waals surface area contributed by atoms with Gasteiger partial charge in [-0.2, -0.15) is 0 Å². The largest absolute Gasteiger partial charge is 0.353 e. The number of Topliss-reactive ketones (excluding diaryl/α,β-unsaturated/α-hetero) is 1. The molecule has 0 unspecified atom stereocenters. The average molecular weight is 368 g/mol. The molecule has 1 aromatic heterocycles. The van der Waals surface area contributed by atoms with Gasteiger partial charge in [0.1, 0.15) is 5.01 Å². The molecular formula is C15H20N4O3S2. The van der Waals surface area contributed by atoms with Gasteiger partial charge in [0.2, 0.25) is 15.2 Å². The smallest absolute Gasteiger partial charge is 0.242 e. The van der Waals surface area contributed by atoms with Crippen molar-refractivity contribution in [2.45, 2.75) is 24.7 Å². The molecule has 7 nitrogen and oxygen atoms in total. The van der Waals surface area contributed by atoms with E-state index in [1.54, 1.807) is 12.1 Å². The van der Waals surface area contributed by atoms with Crippen LogP contribution in [0.4, 0.5) is 5.13 Å². The minimum absolute atomic E-state index is 0.0340. The molecule has 0 aliphatic carbocycles. The molecular weight excluding hydrogens is 348 g/mol. The third-order valence-corrected chi connectivity index (χ3v) is 6.02. The minimum Gasteiger partial charge on any atom is -0.353 e. The van der Waals surface area contributed by atoms with Crippen LogP contribution in [0, 0.1) is 0 Å². The fourth-order valence-corrected chi connectivity index (χ4v) is 3.72. The standard InChI is InChI=1S/C15H20N4O3S2/c1-4-6-14-17-18-15(23-14)16-10-13(20)11-7-5-8-12(9-11)24(21,22)19(2)3/h5,7-9H,4,6,10H2,1-3H3,(H,16,18). The van der Waals surface area contributed by atoms with Gasteiger partial charge in [-0.15, -0.1) is 10.2 Å². The van der Waals surface area contributed by atoms with Crippen LogP contribution in [0.3, 0.4) is 0 Å². The van der Waals surface area contributed by atoms with Gasteiger partial charge in [-0.05, 0) is 18.6 Å². The number of aryl methyl sites for hydroxylation is 1. The van der Waals surface area contributed by atoms with Crippen LogP contribution in [0.2, 0.25) is 0 Å². The molecule has 1 N–H and O–H groups in total. The lowest BCUT2D eigenvalue weighted by atomic mass is 10.1. The highest BCUT2D eigenvalue weighted by molar-refractivity contribution is 7.89. The number of carbonyl (C=O) groups is 1. The van der Waals surface area contributed by atoms with Crippen LogP contribution in [0.1, 0.15) is 28.7 Å². The van der Waals surface area contributed by atoms with Crippen LogP contribution in [0.5, 0.6) is 0 Å². The first-order valence-electron chi connectivity index (χ1n) is 7.46. The summed E-state index contributed by atoms with van der Waals surface area (Å²) in [6, 6.07) is 6.03. The Labute approximate surface area is 145 Å². The van der Waals surface area contributed by atoms with Crippen LogP contribution in [0.15, 0.2) is 29.2 Å². The van der Waals surface area contributed by atoms with Crippen molar-refractivity contribution in [2.24, 2.45) is 0 Å². The minimum atomic E-state index is -3.56. The molecule has 0 aliphatic rings. The summed E-state index contributed by atoms with van der Waals surface area (Å²) in [5, 5.41) is 12.5. The zero-order valence-electron chi connectivity index (χ0n) is 13.8. The van der Waals surface area contributed by atoms with Gasteiger partial charge in [-0.3, -0.25) is 4.79 Å². The van der Waals surface area contributed by atoms with Crippen molar-refractivity contribution in [3.8, 4) is 0 Å². The first kappa shape index (κ1) is 18.5. The Hall–Kier alpha value is -1.84. The summed E-state index contributed by atoms with van der Waals surface area (Å²) in [7, 11) is -0.656. The number of aromatic nitrogens is 2. The van der Waals surface area contributed by atoms with Gasteiger partial charge < -0.3 is 5.32 Å². The van der Waals surface area contributed by atoms with Crippen molar-refractivity contribution in [1.29, 1.82) is 0 Å². The van der Waals surface area contributed by atoms with Crippen molar-refractivity contribution in [3.05, 3.63) is 34.8 Å². The lowest BCUT2D eigenvalue weighted by Crippen LogP contribution is -2.22. The van der Waals surface area contributed by atoms with E-state index in [9.17, 15) is 13.2 Å². The SMILES string of the molecule is CCCc1nnc(NCC(=O)c2cccc(S(=O)(=O)N(C)C)c2)s1. The van der Waals surface area contributed by atoms with Crippen molar-refractivity contribution >= 4 is 32.3 Å². The van der Waals surface area contributed by atoms with Crippen LogP contribution in [0.25, 0.3) is 0 Å². The molecule has 2 rings (SSSR count). The predicted molar refractivity (Wildman–Crippen MR) is 94.0 cm³/mol. The van der Waals surface area contributed by atoms with E-state index >= 15 is 0 Å². The monoisotopic (exact) mass is 368 g/mol. The number of rotatable bonds is 8. The second kappa shape index (κ2) is 7.82. The number of nitrogens with one attached hydrogen (secondary N) is 1. The Morgan fingerprint density at radius 2 is 2.04 bits per heavy atom. The normalized spacial score (nSPS) is 11.7. The molecule has 1 heterocycles. The van der Waals surface area contributed by atoms with E-state index in [4.69, 9.17) is 0 Å². The maximum atomic E-state index is 12.3. The second-order valence-electron chi connectivity index (χ2n) is 5.34. The summed E-state index contributed by atoms with van der Waals surface area (Å²) in [5.41, 5.74) is 0.337. The molecule has 0 fully saturated rings. The van der Waals surface area contributed by atoms with E-state index in [1.807, 2.05) is 0 Å². The lowest BCUT2D eigenvalue weighted by molar-refractivity contribution is 0.101. The summed E-state index contributed by atoms with van der Waals surface area (Å²) in [4.78, 5) is 12.4. The first-order valence-corrected chi connectivity index (χ1v) is 9.72. The molecule has 9 heteroatoms. The number of sulfonamides is 1. The number of anilines is 1. The maximum Gasteiger partial charge on any atom is 0.242 e. The van der Waals surface area contributed by atoms with E-state index < -0.39 is 10.0 Å². The third kappa shape index (κ3) is 4.37. The Kier molecular flexibility index (Phi) is 6.03. The van der Waals surface area contributed by atoms with Gasteiger partial charge in [0.15, 0.2) is 5.78 Å². The highest BCUT2D eigenvalue weighted by Gasteiger charge is 2.18. The second-order valence-corrected chi connectivity index (χ2v) is 8.56. The molecule has 0 aliphatic heterocycles. The molecule has 0 saturated carbocycles. The Bertz CT molecular complexity index is 816. The van der Waals surface area contributed by atoms with Gasteiger partial charge in [0, 0.05) is 26.1 Å². The molecule has 0 amide bonds. The fourth-order valence-electron chi connectivity index (χ4n) is 1.94. The van der Waals surface area contributed by atoms with E-state index in [1.165, 1.54) is 37.6 Å². The van der Waals surface area contributed by atoms with Crippen LogP contribution < -0.4 is 5.32 Å². The molecule has 0 atom stereocenters. The number of hydrogen-bond donors (Lipinski definition) is 1. The van der Waals surface area contributed by atoms with Gasteiger partial charge in [0.25, 0.3) is 0 Å². The number of hydrogen-bond acceptors (Lipinski definition) is 7. The number of ketones is 1. The number of benzene rings is 1. The van der Waals surface area contributed by atoms with E-state index in [2.05, 4.69) is 22.4 Å². The summed E-state index contributed by atoms with van der Waals surface area (Å²) < 4.78 is 25.4. The molecule has 0 bridgehead atoms. The first-order chi connectivity index (χ1) is 11.3. The molecule has 24 heavy (non-hydrogen) atoms. The fraction of sp³-hybridized carbons (Fsp3) is 0.400. The topological polar surface area (TPSA) is 92.3 Å². The van der Waals surface area contributed by atoms with Crippen LogP contribution in [-0.2, 0) is 16.4 Å². The highest BCUT2D eigenvalue weighted by atomic mass is 32.2. The van der Waals surface area contributed by atoms with Crippen molar-refractivity contribution < 1.29 is 13.2 Å². The summed E-state index contributed by atoms with van der Waals surface area (Å²) in [5.74, 6) is -0.210. The van der Waals surface area contributed by atoms with Crippen molar-refractivity contribution in [3.63, 3.8) is 0 Å². The number of carbonyl (C=O) groups excluding carboxylic acids is 1. The molecule has 1 aromatic carbocycles. The Morgan fingerprint density at radius 3 is 2.71 bits per heavy atom. The van der Waals surface area contributed by atoms with E-state index in [0.29, 0.717) is 10.7 Å². The van der Waals surface area contributed by atoms with Gasteiger partial charge in [0.05, 0.1) is 11.4 Å². The average Bonchev–Trinajstić information content (AvgIpc) is 3.00. The molecule has 0 spiro atoms. The van der Waals surface area contributed by atoms with E-state index in [0.717, 1.165) is 22.2 Å². The zero-order valence-corrected chi connectivity index (χ0v) is 15.4. The molecule has 0 radical (unpaired) electrons. The van der Waals surface area contributed by atoms with Gasteiger partial charge >= 0.3 is 0 Å². The summed E-state index contributed by atoms with van der Waals surface area (Å²) in [6.07, 6.45) is 1.85. The maximum absolute atomic E-state index is 12.3. The summed E-state index contributed by atoms with van der Waals surface area (Å²) >= 11 is 1.42. The van der Waals surface area contributed by atoms with Crippen LogP contribution >= 0.6 is 11.3 Å². The predicted octanol–water partition coefficient (Wildman–Crippen LogP) is 2.04. The molecule has 2 aromatic rings. The van der Waals surface area contributed by atoms with Gasteiger partial charge in [-0.25, -0.2) is 12.7 Å². The Balaban J connectivity index is 2.07. The van der Waals surface area contributed by atoms with Crippen LogP contribution in [-0.4, -0.2) is 49.3 Å². The molecule has 130 valence electrons. The molecule has 0 saturated heterocycles. The number of nitrogens with zero attached hydrogens (tertiary/aromatic N) is 3. The van der Waals surface area contributed by atoms with Crippen molar-refractivity contribution in [1.82, 2.24) is 14.5 Å². The third-order valence-electron chi connectivity index (χ3n) is 3.27. The Morgan fingerprint density at radius 1 is 1.29 bits per heavy atom. The van der Waals surface area contributed by atoms with Crippen molar-refractivity contribution in [2.75, 3.05) is 26.0 Å². The lowest BCUT2D eigenvalue weighted by Gasteiger charge is -2.12. The zero-order chi connectivity index (χ0) is 17.7. The van der Waals surface area contributed by atoms with E-state index in [-0.39, 0.29) is 17.2 Å². The highest BCUT2D eigenvalue weighted by Crippen LogP contribution is 2.18. The summed E-state index contributed by atoms with van der Waals surface area (Å²) in [6.45, 7) is 2.10.